The van der Waals surface area contributed by atoms with Crippen molar-refractivity contribution < 1.29 is 18.4 Å². The maximum Gasteiger partial charge on any atom is 0.262 e. The number of carbonyl (C=O) groups excluding carboxylic acids is 2. The molecule has 2 fully saturated rings. The normalized spacial score (nSPS) is 25.0. The number of nitrogens with zero attached hydrogens (tertiary/aromatic N) is 1. The van der Waals surface area contributed by atoms with Crippen molar-refractivity contribution in [3.63, 3.8) is 0 Å². The van der Waals surface area contributed by atoms with E-state index in [0.29, 0.717) is 25.9 Å². The van der Waals surface area contributed by atoms with Crippen molar-refractivity contribution in [2.24, 2.45) is 5.92 Å². The molecule has 0 aromatic rings. The van der Waals surface area contributed by atoms with E-state index in [1.165, 1.54) is 0 Å². The summed E-state index contributed by atoms with van der Waals surface area (Å²) in [5.41, 5.74) is 0. The molecule has 0 aromatic heterocycles. The van der Waals surface area contributed by atoms with Crippen LogP contribution in [0.25, 0.3) is 0 Å². The first kappa shape index (κ1) is 19.1. The van der Waals surface area contributed by atoms with Crippen LogP contribution < -0.4 is 10.6 Å². The number of halogens is 3. The van der Waals surface area contributed by atoms with Gasteiger partial charge in [0.1, 0.15) is 0 Å². The topological polar surface area (TPSA) is 61.4 Å². The van der Waals surface area contributed by atoms with E-state index >= 15 is 0 Å². The highest BCUT2D eigenvalue weighted by molar-refractivity contribution is 5.85. The molecule has 5 nitrogen and oxygen atoms in total. The molecule has 0 spiro atoms. The molecular weight excluding hydrogens is 316 g/mol. The van der Waals surface area contributed by atoms with E-state index in [0.717, 1.165) is 0 Å². The number of piperidine rings is 1. The summed E-state index contributed by atoms with van der Waals surface area (Å²) in [4.78, 5) is 25.6. The minimum atomic E-state index is -2.80. The lowest BCUT2D eigenvalue weighted by Gasteiger charge is -2.33. The van der Waals surface area contributed by atoms with Gasteiger partial charge in [0, 0.05) is 31.5 Å². The molecule has 128 valence electrons. The van der Waals surface area contributed by atoms with E-state index in [1.807, 2.05) is 13.8 Å². The Morgan fingerprint density at radius 1 is 1.27 bits per heavy atom. The monoisotopic (exact) mass is 339 g/mol. The second kappa shape index (κ2) is 7.55. The van der Waals surface area contributed by atoms with Crippen LogP contribution >= 0.6 is 12.4 Å². The predicted molar refractivity (Wildman–Crippen MR) is 81.2 cm³/mol. The van der Waals surface area contributed by atoms with Crippen molar-refractivity contribution in [1.29, 1.82) is 0 Å². The molecule has 2 saturated heterocycles. The van der Waals surface area contributed by atoms with E-state index in [4.69, 9.17) is 0 Å². The first-order valence-electron chi connectivity index (χ1n) is 7.49. The Kier molecular flexibility index (Phi) is 6.55. The van der Waals surface area contributed by atoms with Gasteiger partial charge in [0.25, 0.3) is 5.92 Å². The molecule has 2 aliphatic heterocycles. The van der Waals surface area contributed by atoms with E-state index in [9.17, 15) is 18.4 Å². The number of rotatable bonds is 3. The Bertz CT molecular complexity index is 413. The van der Waals surface area contributed by atoms with Crippen LogP contribution in [0.1, 0.15) is 33.1 Å². The number of nitrogens with one attached hydrogen (secondary N) is 2. The number of carbonyl (C=O) groups is 2. The molecule has 0 bridgehead atoms. The van der Waals surface area contributed by atoms with Gasteiger partial charge in [-0.05, 0) is 12.8 Å². The molecular formula is C14H24ClF2N3O2. The van der Waals surface area contributed by atoms with Crippen LogP contribution in [-0.4, -0.2) is 54.4 Å². The third-order valence-corrected chi connectivity index (χ3v) is 4.07. The predicted octanol–water partition coefficient (Wildman–Crippen LogP) is 1.17. The van der Waals surface area contributed by atoms with Gasteiger partial charge in [0.05, 0.1) is 12.6 Å². The number of amides is 2. The van der Waals surface area contributed by atoms with Gasteiger partial charge in [0.2, 0.25) is 11.8 Å². The van der Waals surface area contributed by atoms with Crippen molar-refractivity contribution in [2.45, 2.75) is 51.1 Å². The molecule has 2 amide bonds. The van der Waals surface area contributed by atoms with Gasteiger partial charge in [-0.2, -0.15) is 0 Å². The second-order valence-corrected chi connectivity index (χ2v) is 6.26. The van der Waals surface area contributed by atoms with Crippen LogP contribution in [-0.2, 0) is 9.59 Å². The molecule has 2 N–H and O–H groups in total. The molecule has 8 heteroatoms. The summed E-state index contributed by atoms with van der Waals surface area (Å²) in [6, 6.07) is -0.847. The average Bonchev–Trinajstić information content (AvgIpc) is 2.79. The van der Waals surface area contributed by atoms with Gasteiger partial charge in [-0.1, -0.05) is 13.8 Å². The molecule has 0 aromatic carbocycles. The Morgan fingerprint density at radius 2 is 1.86 bits per heavy atom. The largest absolute Gasteiger partial charge is 0.352 e. The van der Waals surface area contributed by atoms with Crippen molar-refractivity contribution in [3.05, 3.63) is 0 Å². The van der Waals surface area contributed by atoms with Crippen molar-refractivity contribution in [3.8, 4) is 0 Å². The number of alkyl halides is 2. The summed E-state index contributed by atoms with van der Waals surface area (Å²) < 4.78 is 26.1. The van der Waals surface area contributed by atoms with Gasteiger partial charge in [-0.15, -0.1) is 12.4 Å². The number of hydrogen-bond donors (Lipinski definition) is 2. The van der Waals surface area contributed by atoms with E-state index in [2.05, 4.69) is 10.6 Å². The molecule has 22 heavy (non-hydrogen) atoms. The summed E-state index contributed by atoms with van der Waals surface area (Å²) >= 11 is 0. The molecule has 1 atom stereocenters. The zero-order valence-corrected chi connectivity index (χ0v) is 13.7. The molecule has 2 rings (SSSR count). The molecule has 2 heterocycles. The molecule has 1 unspecified atom stereocenters. The van der Waals surface area contributed by atoms with Crippen LogP contribution in [0, 0.1) is 5.92 Å². The summed E-state index contributed by atoms with van der Waals surface area (Å²) in [6.45, 7) is 4.50. The van der Waals surface area contributed by atoms with Gasteiger partial charge in [0.15, 0.2) is 0 Å². The average molecular weight is 340 g/mol. The standard InChI is InChI=1S/C14H23F2N3O2.ClH/c1-9(2)13(21)19-5-3-10(4-6-19)18-12(20)11-7-14(15,16)8-17-11;/h9-11,17H,3-8H2,1-2H3,(H,18,20);1H. The Labute approximate surface area is 135 Å². The van der Waals surface area contributed by atoms with Gasteiger partial charge in [-0.3, -0.25) is 14.9 Å². The summed E-state index contributed by atoms with van der Waals surface area (Å²) in [5, 5.41) is 5.37. The van der Waals surface area contributed by atoms with E-state index in [1.54, 1.807) is 4.90 Å². The third-order valence-electron chi connectivity index (χ3n) is 4.07. The first-order valence-corrected chi connectivity index (χ1v) is 7.49. The first-order chi connectivity index (χ1) is 9.78. The van der Waals surface area contributed by atoms with Gasteiger partial charge in [-0.25, -0.2) is 8.78 Å². The van der Waals surface area contributed by atoms with Crippen LogP contribution in [0.2, 0.25) is 0 Å². The minimum Gasteiger partial charge on any atom is -0.352 e. The fourth-order valence-electron chi connectivity index (χ4n) is 2.81. The Balaban J connectivity index is 0.00000242. The van der Waals surface area contributed by atoms with Crippen LogP contribution in [0.3, 0.4) is 0 Å². The highest BCUT2D eigenvalue weighted by Crippen LogP contribution is 2.25. The van der Waals surface area contributed by atoms with Crippen LogP contribution in [0.4, 0.5) is 8.78 Å². The summed E-state index contributed by atoms with van der Waals surface area (Å²) in [6.07, 6.45) is 0.907. The smallest absolute Gasteiger partial charge is 0.262 e. The number of likely N-dealkylation sites (tertiary alicyclic amines) is 1. The van der Waals surface area contributed by atoms with Crippen molar-refractivity contribution in [2.75, 3.05) is 19.6 Å². The van der Waals surface area contributed by atoms with E-state index in [-0.39, 0.29) is 36.2 Å². The van der Waals surface area contributed by atoms with E-state index < -0.39 is 24.9 Å². The minimum absolute atomic E-state index is 0. The third kappa shape index (κ3) is 4.78. The summed E-state index contributed by atoms with van der Waals surface area (Å²) in [5.74, 6) is -3.06. The molecule has 0 saturated carbocycles. The highest BCUT2D eigenvalue weighted by Gasteiger charge is 2.42. The lowest BCUT2D eigenvalue weighted by atomic mass is 10.0. The lowest BCUT2D eigenvalue weighted by molar-refractivity contribution is -0.135. The highest BCUT2D eigenvalue weighted by atomic mass is 35.5. The fourth-order valence-corrected chi connectivity index (χ4v) is 2.81. The van der Waals surface area contributed by atoms with Crippen molar-refractivity contribution >= 4 is 24.2 Å². The molecule has 0 radical (unpaired) electrons. The maximum atomic E-state index is 13.1. The SMILES string of the molecule is CC(C)C(=O)N1CCC(NC(=O)C2CC(F)(F)CN2)CC1.Cl. The maximum absolute atomic E-state index is 13.1. The quantitative estimate of drug-likeness (QED) is 0.811. The van der Waals surface area contributed by atoms with Gasteiger partial charge >= 0.3 is 0 Å². The zero-order valence-electron chi connectivity index (χ0n) is 12.9. The molecule has 2 aliphatic rings. The lowest BCUT2D eigenvalue weighted by Crippen LogP contribution is -2.50. The molecule has 0 aliphatic carbocycles. The van der Waals surface area contributed by atoms with Crippen molar-refractivity contribution in [1.82, 2.24) is 15.5 Å². The zero-order chi connectivity index (χ0) is 15.6. The fraction of sp³-hybridized carbons (Fsp3) is 0.857. The van der Waals surface area contributed by atoms with Crippen LogP contribution in [0.5, 0.6) is 0 Å². The number of hydrogen-bond acceptors (Lipinski definition) is 3. The van der Waals surface area contributed by atoms with Crippen LogP contribution in [0.15, 0.2) is 0 Å². The Morgan fingerprint density at radius 3 is 2.32 bits per heavy atom. The Hall–Kier alpha value is -0.950. The second-order valence-electron chi connectivity index (χ2n) is 6.26. The summed E-state index contributed by atoms with van der Waals surface area (Å²) in [7, 11) is 0. The van der Waals surface area contributed by atoms with Gasteiger partial charge < -0.3 is 10.2 Å².